The van der Waals surface area contributed by atoms with Crippen molar-refractivity contribution in [3.8, 4) is 0 Å². The second-order valence-electron chi connectivity index (χ2n) is 6.22. The van der Waals surface area contributed by atoms with Gasteiger partial charge in [0.2, 0.25) is 5.91 Å². The minimum Gasteiger partial charge on any atom is -0.350 e. The molecule has 134 valence electrons. The number of carbonyl (C=O) groups is 2. The summed E-state index contributed by atoms with van der Waals surface area (Å²) in [6.07, 6.45) is 1.38. The van der Waals surface area contributed by atoms with E-state index in [1.807, 2.05) is 56.3 Å². The summed E-state index contributed by atoms with van der Waals surface area (Å²) in [5.41, 5.74) is 1.68. The van der Waals surface area contributed by atoms with Crippen molar-refractivity contribution in [1.82, 2.24) is 5.32 Å². The summed E-state index contributed by atoms with van der Waals surface area (Å²) in [5, 5.41) is 3.40. The monoisotopic (exact) mass is 386 g/mol. The summed E-state index contributed by atoms with van der Waals surface area (Å²) >= 11 is 7.59. The van der Waals surface area contributed by atoms with Crippen LogP contribution in [0.2, 0.25) is 5.02 Å². The Morgan fingerprint density at radius 2 is 1.88 bits per heavy atom. The fraction of sp³-hybridized carbons (Fsp3) is 0.200. The zero-order chi connectivity index (χ0) is 18.7. The number of nitrogens with one attached hydrogen (secondary N) is 1. The van der Waals surface area contributed by atoms with Crippen LogP contribution in [-0.2, 0) is 16.1 Å². The van der Waals surface area contributed by atoms with Crippen molar-refractivity contribution in [1.29, 1.82) is 0 Å². The van der Waals surface area contributed by atoms with E-state index in [1.54, 1.807) is 11.0 Å². The maximum absolute atomic E-state index is 13.0. The molecule has 0 aromatic heterocycles. The number of hydrogen-bond donors (Lipinski definition) is 1. The molecule has 6 heteroatoms. The summed E-state index contributed by atoms with van der Waals surface area (Å²) in [4.78, 5) is 28.1. The fourth-order valence-corrected chi connectivity index (χ4v) is 3.89. The van der Waals surface area contributed by atoms with Crippen LogP contribution in [0.5, 0.6) is 0 Å². The summed E-state index contributed by atoms with van der Waals surface area (Å²) in [7, 11) is 0. The molecule has 4 nitrogen and oxygen atoms in total. The predicted octanol–water partition coefficient (Wildman–Crippen LogP) is 4.39. The molecule has 0 saturated carbocycles. The SMILES string of the molecule is CC(C)NC(=O)/C=C1/Sc2ccccc2N(Cc2ccccc2Cl)C1=O. The summed E-state index contributed by atoms with van der Waals surface area (Å²) in [6.45, 7) is 4.11. The lowest BCUT2D eigenvalue weighted by Gasteiger charge is -2.30. The highest BCUT2D eigenvalue weighted by Crippen LogP contribution is 2.42. The van der Waals surface area contributed by atoms with E-state index >= 15 is 0 Å². The molecule has 0 aliphatic carbocycles. The number of halogens is 1. The smallest absolute Gasteiger partial charge is 0.265 e. The van der Waals surface area contributed by atoms with Gasteiger partial charge in [-0.2, -0.15) is 0 Å². The number of amides is 2. The first-order valence-electron chi connectivity index (χ1n) is 8.30. The Hall–Kier alpha value is -2.24. The second kappa shape index (κ2) is 7.98. The van der Waals surface area contributed by atoms with Crippen molar-refractivity contribution in [3.63, 3.8) is 0 Å². The van der Waals surface area contributed by atoms with Gasteiger partial charge in [0.15, 0.2) is 0 Å². The van der Waals surface area contributed by atoms with Crippen LogP contribution < -0.4 is 10.2 Å². The molecular formula is C20H19ClN2O2S. The fourth-order valence-electron chi connectivity index (χ4n) is 2.66. The van der Waals surface area contributed by atoms with Gasteiger partial charge in [0.05, 0.1) is 17.1 Å². The molecule has 1 aliphatic heterocycles. The lowest BCUT2D eigenvalue weighted by atomic mass is 10.1. The Morgan fingerprint density at radius 3 is 2.62 bits per heavy atom. The zero-order valence-corrected chi connectivity index (χ0v) is 16.1. The van der Waals surface area contributed by atoms with E-state index in [-0.39, 0.29) is 17.9 Å². The van der Waals surface area contributed by atoms with Crippen LogP contribution in [0, 0.1) is 0 Å². The minimum absolute atomic E-state index is 0.00885. The first-order chi connectivity index (χ1) is 12.5. The molecule has 0 unspecified atom stereocenters. The molecule has 0 saturated heterocycles. The molecule has 2 aromatic rings. The molecular weight excluding hydrogens is 368 g/mol. The van der Waals surface area contributed by atoms with Crippen LogP contribution >= 0.6 is 23.4 Å². The number of thioether (sulfide) groups is 1. The number of nitrogens with zero attached hydrogens (tertiary/aromatic N) is 1. The average molecular weight is 387 g/mol. The van der Waals surface area contributed by atoms with Crippen molar-refractivity contribution in [2.75, 3.05) is 4.90 Å². The van der Waals surface area contributed by atoms with E-state index in [1.165, 1.54) is 17.8 Å². The standard InChI is InChI=1S/C20H19ClN2O2S/c1-13(2)22-19(24)11-18-20(25)23(12-14-7-3-4-8-15(14)21)16-9-5-6-10-17(16)26-18/h3-11,13H,12H2,1-2H3,(H,22,24)/b18-11+. The van der Waals surface area contributed by atoms with E-state index in [4.69, 9.17) is 11.6 Å². The van der Waals surface area contributed by atoms with Gasteiger partial charge in [0, 0.05) is 22.0 Å². The highest BCUT2D eigenvalue weighted by atomic mass is 35.5. The Bertz CT molecular complexity index is 880. The van der Waals surface area contributed by atoms with Crippen LogP contribution in [0.1, 0.15) is 19.4 Å². The van der Waals surface area contributed by atoms with Crippen molar-refractivity contribution < 1.29 is 9.59 Å². The maximum Gasteiger partial charge on any atom is 0.265 e. The highest BCUT2D eigenvalue weighted by Gasteiger charge is 2.30. The third-order valence-electron chi connectivity index (χ3n) is 3.81. The first kappa shape index (κ1) is 18.5. The number of carbonyl (C=O) groups excluding carboxylic acids is 2. The molecule has 3 rings (SSSR count). The molecule has 2 amide bonds. The van der Waals surface area contributed by atoms with Gasteiger partial charge in [-0.25, -0.2) is 0 Å². The molecule has 0 spiro atoms. The van der Waals surface area contributed by atoms with Gasteiger partial charge in [0.1, 0.15) is 0 Å². The van der Waals surface area contributed by atoms with Gasteiger partial charge in [-0.1, -0.05) is 53.7 Å². The van der Waals surface area contributed by atoms with E-state index in [0.717, 1.165) is 16.1 Å². The van der Waals surface area contributed by atoms with Gasteiger partial charge in [-0.15, -0.1) is 0 Å². The normalized spacial score (nSPS) is 15.3. The Kier molecular flexibility index (Phi) is 5.69. The number of hydrogen-bond acceptors (Lipinski definition) is 3. The van der Waals surface area contributed by atoms with Crippen LogP contribution in [-0.4, -0.2) is 17.9 Å². The molecule has 1 N–H and O–H groups in total. The lowest BCUT2D eigenvalue weighted by molar-refractivity contribution is -0.118. The van der Waals surface area contributed by atoms with Gasteiger partial charge in [0.25, 0.3) is 5.91 Å². The van der Waals surface area contributed by atoms with Crippen molar-refractivity contribution in [2.45, 2.75) is 31.3 Å². The lowest BCUT2D eigenvalue weighted by Crippen LogP contribution is -2.35. The maximum atomic E-state index is 13.0. The summed E-state index contributed by atoms with van der Waals surface area (Å²) in [6, 6.07) is 15.1. The summed E-state index contributed by atoms with van der Waals surface area (Å²) in [5.74, 6) is -0.472. The Morgan fingerprint density at radius 1 is 1.19 bits per heavy atom. The third-order valence-corrected chi connectivity index (χ3v) is 5.26. The molecule has 1 heterocycles. The van der Waals surface area contributed by atoms with Gasteiger partial charge in [-0.3, -0.25) is 9.59 Å². The van der Waals surface area contributed by atoms with E-state index < -0.39 is 0 Å². The van der Waals surface area contributed by atoms with Gasteiger partial charge >= 0.3 is 0 Å². The molecule has 26 heavy (non-hydrogen) atoms. The van der Waals surface area contributed by atoms with Crippen molar-refractivity contribution in [3.05, 3.63) is 70.1 Å². The third kappa shape index (κ3) is 4.11. The van der Waals surface area contributed by atoms with Crippen LogP contribution in [0.3, 0.4) is 0 Å². The van der Waals surface area contributed by atoms with Crippen molar-refractivity contribution in [2.24, 2.45) is 0 Å². The highest BCUT2D eigenvalue weighted by molar-refractivity contribution is 8.04. The minimum atomic E-state index is -0.270. The van der Waals surface area contributed by atoms with E-state index in [2.05, 4.69) is 5.32 Å². The first-order valence-corrected chi connectivity index (χ1v) is 9.49. The van der Waals surface area contributed by atoms with Crippen LogP contribution in [0.15, 0.2) is 64.4 Å². The quantitative estimate of drug-likeness (QED) is 0.793. The number of benzene rings is 2. The molecule has 1 aliphatic rings. The Labute approximate surface area is 162 Å². The van der Waals surface area contributed by atoms with E-state index in [0.29, 0.717) is 16.5 Å². The summed E-state index contributed by atoms with van der Waals surface area (Å²) < 4.78 is 0. The second-order valence-corrected chi connectivity index (χ2v) is 7.72. The van der Waals surface area contributed by atoms with Crippen LogP contribution in [0.25, 0.3) is 0 Å². The number of rotatable bonds is 4. The topological polar surface area (TPSA) is 49.4 Å². The zero-order valence-electron chi connectivity index (χ0n) is 14.5. The Balaban J connectivity index is 1.97. The predicted molar refractivity (Wildman–Crippen MR) is 106 cm³/mol. The number of para-hydroxylation sites is 1. The van der Waals surface area contributed by atoms with E-state index in [9.17, 15) is 9.59 Å². The van der Waals surface area contributed by atoms with Crippen LogP contribution in [0.4, 0.5) is 5.69 Å². The average Bonchev–Trinajstić information content (AvgIpc) is 2.59. The van der Waals surface area contributed by atoms with Gasteiger partial charge < -0.3 is 10.2 Å². The molecule has 0 bridgehead atoms. The molecule has 0 radical (unpaired) electrons. The van der Waals surface area contributed by atoms with Crippen molar-refractivity contribution >= 4 is 40.9 Å². The molecule has 2 aromatic carbocycles. The number of fused-ring (bicyclic) bond motifs is 1. The molecule has 0 fully saturated rings. The van der Waals surface area contributed by atoms with Gasteiger partial charge in [-0.05, 0) is 37.6 Å². The largest absolute Gasteiger partial charge is 0.350 e. The number of anilines is 1. The molecule has 0 atom stereocenters.